The number of para-hydroxylation sites is 2. The third-order valence-electron chi connectivity index (χ3n) is 2.95. The van der Waals surface area contributed by atoms with E-state index in [9.17, 15) is 10.1 Å². The molecule has 1 aromatic carbocycles. The van der Waals surface area contributed by atoms with Gasteiger partial charge in [0, 0.05) is 6.07 Å². The Hall–Kier alpha value is -2.34. The molecule has 6 nitrogen and oxygen atoms in total. The van der Waals surface area contributed by atoms with Crippen molar-refractivity contribution >= 4 is 5.69 Å². The number of nitrogens with zero attached hydrogens (tertiary/aromatic N) is 1. The first kappa shape index (κ1) is 15.1. The van der Waals surface area contributed by atoms with Crippen LogP contribution in [0.25, 0.3) is 0 Å². The zero-order chi connectivity index (χ0) is 14.9. The minimum atomic E-state index is -0.430. The fourth-order valence-corrected chi connectivity index (χ4v) is 1.89. The van der Waals surface area contributed by atoms with E-state index in [0.29, 0.717) is 18.9 Å². The zero-order valence-corrected chi connectivity index (χ0v) is 11.7. The summed E-state index contributed by atoms with van der Waals surface area (Å²) in [6, 6.07) is 10.2. The summed E-state index contributed by atoms with van der Waals surface area (Å²) in [5, 5.41) is 14.1. The molecule has 21 heavy (non-hydrogen) atoms. The lowest BCUT2D eigenvalue weighted by atomic mass is 10.3. The molecule has 2 aromatic rings. The van der Waals surface area contributed by atoms with Crippen LogP contribution in [0.4, 0.5) is 5.69 Å². The van der Waals surface area contributed by atoms with Crippen LogP contribution in [-0.2, 0) is 6.54 Å². The minimum Gasteiger partial charge on any atom is -0.487 e. The first-order valence-electron chi connectivity index (χ1n) is 6.86. The highest BCUT2D eigenvalue weighted by atomic mass is 16.6. The predicted molar refractivity (Wildman–Crippen MR) is 78.2 cm³/mol. The van der Waals surface area contributed by atoms with Crippen molar-refractivity contribution in [2.75, 3.05) is 13.2 Å². The maximum atomic E-state index is 10.8. The molecule has 0 saturated heterocycles. The second-order valence-corrected chi connectivity index (χ2v) is 4.54. The van der Waals surface area contributed by atoms with Gasteiger partial charge in [-0.1, -0.05) is 12.1 Å². The van der Waals surface area contributed by atoms with Gasteiger partial charge < -0.3 is 14.5 Å². The van der Waals surface area contributed by atoms with Crippen LogP contribution in [0.5, 0.6) is 5.75 Å². The van der Waals surface area contributed by atoms with E-state index in [4.69, 9.17) is 9.15 Å². The van der Waals surface area contributed by atoms with Crippen molar-refractivity contribution in [1.82, 2.24) is 5.32 Å². The van der Waals surface area contributed by atoms with Crippen LogP contribution in [0.2, 0.25) is 0 Å². The Kier molecular flexibility index (Phi) is 5.78. The molecular formula is C15H18N2O4. The monoisotopic (exact) mass is 290 g/mol. The van der Waals surface area contributed by atoms with E-state index < -0.39 is 4.92 Å². The molecule has 0 atom stereocenters. The van der Waals surface area contributed by atoms with Gasteiger partial charge in [-0.05, 0) is 37.6 Å². The Balaban J connectivity index is 1.60. The van der Waals surface area contributed by atoms with E-state index in [1.807, 2.05) is 12.1 Å². The van der Waals surface area contributed by atoms with Gasteiger partial charge in [-0.3, -0.25) is 10.1 Å². The molecule has 0 fully saturated rings. The van der Waals surface area contributed by atoms with E-state index in [-0.39, 0.29) is 5.69 Å². The van der Waals surface area contributed by atoms with E-state index >= 15 is 0 Å². The van der Waals surface area contributed by atoms with Gasteiger partial charge in [0.05, 0.1) is 24.3 Å². The number of rotatable bonds is 9. The van der Waals surface area contributed by atoms with E-state index in [1.165, 1.54) is 6.07 Å². The standard InChI is InChI=1S/C15H18N2O4/c18-17(19)14-7-1-2-8-15(14)21-10-4-3-9-16-12-13-6-5-11-20-13/h1-2,5-8,11,16H,3-4,9-10,12H2. The molecule has 1 N–H and O–H groups in total. The van der Waals surface area contributed by atoms with Crippen molar-refractivity contribution in [1.29, 1.82) is 0 Å². The summed E-state index contributed by atoms with van der Waals surface area (Å²) in [5.41, 5.74) is 0.00782. The maximum absolute atomic E-state index is 10.8. The second-order valence-electron chi connectivity index (χ2n) is 4.54. The van der Waals surface area contributed by atoms with Gasteiger partial charge in [-0.2, -0.15) is 0 Å². The van der Waals surface area contributed by atoms with E-state index in [2.05, 4.69) is 5.32 Å². The van der Waals surface area contributed by atoms with Gasteiger partial charge in [0.25, 0.3) is 0 Å². The number of hydrogen-bond donors (Lipinski definition) is 1. The Morgan fingerprint density at radius 2 is 2.05 bits per heavy atom. The topological polar surface area (TPSA) is 77.5 Å². The molecule has 0 aliphatic heterocycles. The minimum absolute atomic E-state index is 0.00782. The average Bonchev–Trinajstić information content (AvgIpc) is 3.00. The fraction of sp³-hybridized carbons (Fsp3) is 0.333. The Bertz CT molecular complexity index is 555. The van der Waals surface area contributed by atoms with Crippen molar-refractivity contribution in [3.8, 4) is 5.75 Å². The summed E-state index contributed by atoms with van der Waals surface area (Å²) in [6.45, 7) is 2.02. The second kappa shape index (κ2) is 8.06. The molecule has 112 valence electrons. The Labute approximate surface area is 122 Å². The number of nitro groups is 1. The highest BCUT2D eigenvalue weighted by Gasteiger charge is 2.12. The summed E-state index contributed by atoms with van der Waals surface area (Å²) < 4.78 is 10.7. The predicted octanol–water partition coefficient (Wildman–Crippen LogP) is 3.14. The Morgan fingerprint density at radius 1 is 1.19 bits per heavy atom. The van der Waals surface area contributed by atoms with Crippen LogP contribution in [-0.4, -0.2) is 18.1 Å². The molecule has 0 unspecified atom stereocenters. The molecular weight excluding hydrogens is 272 g/mol. The number of furan rings is 1. The molecule has 0 spiro atoms. The van der Waals surface area contributed by atoms with Crippen LogP contribution in [0, 0.1) is 10.1 Å². The van der Waals surface area contributed by atoms with Gasteiger partial charge in [0.2, 0.25) is 0 Å². The van der Waals surface area contributed by atoms with Crippen LogP contribution in [0.1, 0.15) is 18.6 Å². The molecule has 6 heteroatoms. The van der Waals surface area contributed by atoms with Gasteiger partial charge in [0.1, 0.15) is 5.76 Å². The summed E-state index contributed by atoms with van der Waals surface area (Å²) in [7, 11) is 0. The number of nitrogens with one attached hydrogen (secondary N) is 1. The molecule has 2 rings (SSSR count). The number of nitro benzene ring substituents is 1. The zero-order valence-electron chi connectivity index (χ0n) is 11.7. The molecule has 0 aliphatic rings. The van der Waals surface area contributed by atoms with Crippen molar-refractivity contribution in [3.63, 3.8) is 0 Å². The molecule has 0 aliphatic carbocycles. The van der Waals surface area contributed by atoms with Crippen LogP contribution in [0.3, 0.4) is 0 Å². The highest BCUT2D eigenvalue weighted by molar-refractivity contribution is 5.45. The first-order chi connectivity index (χ1) is 10.3. The SMILES string of the molecule is O=[N+]([O-])c1ccccc1OCCCCNCc1ccco1. The number of benzene rings is 1. The van der Waals surface area contributed by atoms with Gasteiger partial charge in [-0.15, -0.1) is 0 Å². The lowest BCUT2D eigenvalue weighted by molar-refractivity contribution is -0.385. The van der Waals surface area contributed by atoms with Crippen molar-refractivity contribution < 1.29 is 14.1 Å². The van der Waals surface area contributed by atoms with Crippen molar-refractivity contribution in [3.05, 3.63) is 58.5 Å². The molecule has 1 heterocycles. The lowest BCUT2D eigenvalue weighted by Gasteiger charge is -2.06. The molecule has 0 bridgehead atoms. The summed E-state index contributed by atoms with van der Waals surface area (Å²) in [5.74, 6) is 1.23. The highest BCUT2D eigenvalue weighted by Crippen LogP contribution is 2.25. The molecule has 0 radical (unpaired) electrons. The normalized spacial score (nSPS) is 10.5. The summed E-state index contributed by atoms with van der Waals surface area (Å²) in [6.07, 6.45) is 3.41. The lowest BCUT2D eigenvalue weighted by Crippen LogP contribution is -2.15. The fourth-order valence-electron chi connectivity index (χ4n) is 1.89. The number of unbranched alkanes of at least 4 members (excludes halogenated alkanes) is 1. The summed E-state index contributed by atoms with van der Waals surface area (Å²) in [4.78, 5) is 10.4. The Morgan fingerprint density at radius 3 is 2.81 bits per heavy atom. The number of ether oxygens (including phenoxy) is 1. The van der Waals surface area contributed by atoms with Gasteiger partial charge in [0.15, 0.2) is 5.75 Å². The first-order valence-corrected chi connectivity index (χ1v) is 6.86. The maximum Gasteiger partial charge on any atom is 0.310 e. The third kappa shape index (κ3) is 4.92. The number of hydrogen-bond acceptors (Lipinski definition) is 5. The summed E-state index contributed by atoms with van der Waals surface area (Å²) >= 11 is 0. The van der Waals surface area contributed by atoms with Crippen molar-refractivity contribution in [2.45, 2.75) is 19.4 Å². The quantitative estimate of drug-likeness (QED) is 0.436. The van der Waals surface area contributed by atoms with Crippen LogP contribution in [0.15, 0.2) is 47.1 Å². The third-order valence-corrected chi connectivity index (χ3v) is 2.95. The molecule has 1 aromatic heterocycles. The average molecular weight is 290 g/mol. The largest absolute Gasteiger partial charge is 0.487 e. The van der Waals surface area contributed by atoms with Gasteiger partial charge >= 0.3 is 5.69 Å². The molecule has 0 amide bonds. The molecule has 0 saturated carbocycles. The smallest absolute Gasteiger partial charge is 0.310 e. The van der Waals surface area contributed by atoms with Crippen LogP contribution < -0.4 is 10.1 Å². The van der Waals surface area contributed by atoms with E-state index in [0.717, 1.165) is 25.1 Å². The van der Waals surface area contributed by atoms with Crippen LogP contribution >= 0.6 is 0 Å². The van der Waals surface area contributed by atoms with Gasteiger partial charge in [-0.25, -0.2) is 0 Å². The van der Waals surface area contributed by atoms with E-state index in [1.54, 1.807) is 24.5 Å². The van der Waals surface area contributed by atoms with Crippen molar-refractivity contribution in [2.24, 2.45) is 0 Å².